The second kappa shape index (κ2) is 7.96. The molecule has 0 spiro atoms. The Morgan fingerprint density at radius 2 is 1.67 bits per heavy atom. The third kappa shape index (κ3) is 5.00. The molecule has 21 heavy (non-hydrogen) atoms. The second-order valence-corrected chi connectivity index (χ2v) is 5.86. The van der Waals surface area contributed by atoms with Crippen molar-refractivity contribution < 1.29 is 14.3 Å². The van der Waals surface area contributed by atoms with Crippen LogP contribution in [0, 0.1) is 0 Å². The minimum Gasteiger partial charge on any atom is -0.459 e. The highest BCUT2D eigenvalue weighted by atomic mass is 16.5. The molecule has 1 heterocycles. The monoisotopic (exact) mass is 288 g/mol. The lowest BCUT2D eigenvalue weighted by atomic mass is 9.99. The highest BCUT2D eigenvalue weighted by molar-refractivity contribution is 5.91. The third-order valence-corrected chi connectivity index (χ3v) is 4.01. The number of ether oxygens (including phenoxy) is 1. The normalized spacial score (nSPS) is 22.0. The quantitative estimate of drug-likeness (QED) is 0.675. The van der Waals surface area contributed by atoms with Crippen molar-refractivity contribution in [1.29, 1.82) is 0 Å². The summed E-state index contributed by atoms with van der Waals surface area (Å²) in [5, 5.41) is 0. The van der Waals surface area contributed by atoms with Gasteiger partial charge in [0.15, 0.2) is 0 Å². The van der Waals surface area contributed by atoms with Gasteiger partial charge in [-0.05, 0) is 50.7 Å². The molecule has 1 aliphatic rings. The van der Waals surface area contributed by atoms with Crippen molar-refractivity contribution in [2.45, 2.75) is 64.4 Å². The number of Topliss-reactive ketones (excluding diaryl/α,β-unsaturated/α-hetero) is 1. The summed E-state index contributed by atoms with van der Waals surface area (Å²) in [5.41, 5.74) is 1.75. The van der Waals surface area contributed by atoms with Crippen molar-refractivity contribution in [2.24, 2.45) is 0 Å². The summed E-state index contributed by atoms with van der Waals surface area (Å²) in [4.78, 5) is 24.0. The maximum absolute atomic E-state index is 12.3. The molecule has 0 fully saturated rings. The molecule has 3 heteroatoms. The average molecular weight is 288 g/mol. The molecule has 1 aromatic carbocycles. The Balaban J connectivity index is 2.10. The summed E-state index contributed by atoms with van der Waals surface area (Å²) in [6.45, 7) is 1.90. The Morgan fingerprint density at radius 3 is 2.52 bits per heavy atom. The highest BCUT2D eigenvalue weighted by Gasteiger charge is 2.16. The van der Waals surface area contributed by atoms with E-state index in [2.05, 4.69) is 0 Å². The maximum Gasteiger partial charge on any atom is 0.338 e. The van der Waals surface area contributed by atoms with Crippen LogP contribution in [0.2, 0.25) is 0 Å². The number of cyclic esters (lactones) is 1. The van der Waals surface area contributed by atoms with Crippen LogP contribution in [0.25, 0.3) is 0 Å². The van der Waals surface area contributed by atoms with Crippen LogP contribution < -0.4 is 0 Å². The van der Waals surface area contributed by atoms with Gasteiger partial charge >= 0.3 is 5.97 Å². The van der Waals surface area contributed by atoms with Gasteiger partial charge in [-0.3, -0.25) is 4.79 Å². The predicted molar refractivity (Wildman–Crippen MR) is 82.3 cm³/mol. The van der Waals surface area contributed by atoms with E-state index in [9.17, 15) is 9.59 Å². The zero-order chi connectivity index (χ0) is 15.1. The van der Waals surface area contributed by atoms with Crippen LogP contribution in [-0.2, 0) is 16.0 Å². The number of carbonyl (C=O) groups excluding carboxylic acids is 2. The van der Waals surface area contributed by atoms with Crippen molar-refractivity contribution in [3.63, 3.8) is 0 Å². The maximum atomic E-state index is 12.3. The lowest BCUT2D eigenvalue weighted by Crippen LogP contribution is -2.17. The van der Waals surface area contributed by atoms with Crippen LogP contribution in [-0.4, -0.2) is 17.9 Å². The topological polar surface area (TPSA) is 43.4 Å². The van der Waals surface area contributed by atoms with Gasteiger partial charge in [0.2, 0.25) is 0 Å². The lowest BCUT2D eigenvalue weighted by Gasteiger charge is -2.15. The van der Waals surface area contributed by atoms with E-state index < -0.39 is 0 Å². The first-order valence-electron chi connectivity index (χ1n) is 7.97. The highest BCUT2D eigenvalue weighted by Crippen LogP contribution is 2.18. The molecule has 1 aromatic rings. The molecule has 0 amide bonds. The molecule has 1 atom stereocenters. The van der Waals surface area contributed by atoms with Crippen LogP contribution in [0.3, 0.4) is 0 Å². The minimum atomic E-state index is -0.235. The largest absolute Gasteiger partial charge is 0.459 e. The number of ketones is 1. The molecular formula is C18H24O3. The van der Waals surface area contributed by atoms with E-state index in [-0.39, 0.29) is 12.1 Å². The summed E-state index contributed by atoms with van der Waals surface area (Å²) in [7, 11) is 0. The van der Waals surface area contributed by atoms with Gasteiger partial charge in [0.25, 0.3) is 0 Å². The van der Waals surface area contributed by atoms with Gasteiger partial charge in [0, 0.05) is 12.8 Å². The van der Waals surface area contributed by atoms with E-state index in [0.29, 0.717) is 24.2 Å². The summed E-state index contributed by atoms with van der Waals surface area (Å²) in [6, 6.07) is 7.69. The lowest BCUT2D eigenvalue weighted by molar-refractivity contribution is -0.119. The van der Waals surface area contributed by atoms with Crippen LogP contribution in [0.15, 0.2) is 24.3 Å². The van der Waals surface area contributed by atoms with Gasteiger partial charge in [0.1, 0.15) is 5.78 Å². The fourth-order valence-corrected chi connectivity index (χ4v) is 2.77. The Bertz CT molecular complexity index is 493. The first-order chi connectivity index (χ1) is 10.2. The first-order valence-corrected chi connectivity index (χ1v) is 7.97. The zero-order valence-electron chi connectivity index (χ0n) is 12.8. The molecule has 0 saturated heterocycles. The summed E-state index contributed by atoms with van der Waals surface area (Å²) in [5.74, 6) is 0.104. The molecule has 0 radical (unpaired) electrons. The second-order valence-electron chi connectivity index (χ2n) is 5.86. The summed E-state index contributed by atoms with van der Waals surface area (Å²) in [6.07, 6.45) is 6.58. The van der Waals surface area contributed by atoms with Crippen molar-refractivity contribution in [3.05, 3.63) is 35.4 Å². The molecule has 0 aliphatic carbocycles. The van der Waals surface area contributed by atoms with Crippen LogP contribution in [0.1, 0.15) is 67.8 Å². The number of fused-ring (bicyclic) bond motifs is 1. The third-order valence-electron chi connectivity index (χ3n) is 4.01. The Kier molecular flexibility index (Phi) is 5.97. The number of rotatable bonds is 0. The van der Waals surface area contributed by atoms with Gasteiger partial charge in [-0.1, -0.05) is 24.6 Å². The van der Waals surface area contributed by atoms with E-state index in [0.717, 1.165) is 44.1 Å². The SMILES string of the molecule is C[C@H]1CCCC(=O)CCCCCc2ccccc2C(=O)O1. The van der Waals surface area contributed by atoms with Crippen molar-refractivity contribution in [3.8, 4) is 0 Å². The molecule has 3 nitrogen and oxygen atoms in total. The van der Waals surface area contributed by atoms with Crippen molar-refractivity contribution >= 4 is 11.8 Å². The van der Waals surface area contributed by atoms with Crippen molar-refractivity contribution in [1.82, 2.24) is 0 Å². The molecule has 1 aliphatic heterocycles. The molecular weight excluding hydrogens is 264 g/mol. The van der Waals surface area contributed by atoms with E-state index in [1.165, 1.54) is 0 Å². The van der Waals surface area contributed by atoms with Gasteiger partial charge in [-0.15, -0.1) is 0 Å². The Morgan fingerprint density at radius 1 is 0.952 bits per heavy atom. The van der Waals surface area contributed by atoms with Crippen LogP contribution in [0.5, 0.6) is 0 Å². The van der Waals surface area contributed by atoms with Crippen molar-refractivity contribution in [2.75, 3.05) is 0 Å². The molecule has 0 aromatic heterocycles. The van der Waals surface area contributed by atoms with Gasteiger partial charge in [0.05, 0.1) is 11.7 Å². The predicted octanol–water partition coefficient (Wildman–Crippen LogP) is 4.09. The summed E-state index contributed by atoms with van der Waals surface area (Å²) < 4.78 is 5.51. The van der Waals surface area contributed by atoms with E-state index >= 15 is 0 Å². The fourth-order valence-electron chi connectivity index (χ4n) is 2.77. The molecule has 0 saturated carbocycles. The molecule has 2 rings (SSSR count). The van der Waals surface area contributed by atoms with E-state index in [1.54, 1.807) is 0 Å². The average Bonchev–Trinajstić information content (AvgIpc) is 2.46. The van der Waals surface area contributed by atoms with Gasteiger partial charge in [-0.25, -0.2) is 4.79 Å². The number of hydrogen-bond donors (Lipinski definition) is 0. The molecule has 0 unspecified atom stereocenters. The number of aryl methyl sites for hydroxylation is 1. The number of hydrogen-bond acceptors (Lipinski definition) is 3. The standard InChI is InChI=1S/C18H24O3/c1-14-8-7-12-16(19)11-4-2-3-9-15-10-5-6-13-17(15)18(20)21-14/h5-6,10,13-14H,2-4,7-9,11-12H2,1H3/t14-/m0/s1. The molecule has 114 valence electrons. The number of carbonyl (C=O) groups is 2. The molecule has 0 bridgehead atoms. The Hall–Kier alpha value is -1.64. The fraction of sp³-hybridized carbons (Fsp3) is 0.556. The number of benzene rings is 1. The number of esters is 1. The van der Waals surface area contributed by atoms with E-state index in [1.807, 2.05) is 31.2 Å². The van der Waals surface area contributed by atoms with Crippen LogP contribution >= 0.6 is 0 Å². The minimum absolute atomic E-state index is 0.138. The Labute approximate surface area is 126 Å². The smallest absolute Gasteiger partial charge is 0.338 e. The first kappa shape index (κ1) is 15.7. The summed E-state index contributed by atoms with van der Waals surface area (Å²) >= 11 is 0. The molecule has 0 N–H and O–H groups in total. The van der Waals surface area contributed by atoms with Gasteiger partial charge in [-0.2, -0.15) is 0 Å². The van der Waals surface area contributed by atoms with Gasteiger partial charge < -0.3 is 4.74 Å². The zero-order valence-corrected chi connectivity index (χ0v) is 12.8. The van der Waals surface area contributed by atoms with Crippen LogP contribution in [0.4, 0.5) is 0 Å². The van der Waals surface area contributed by atoms with E-state index in [4.69, 9.17) is 4.74 Å².